The number of aromatic nitrogens is 1. The molecule has 0 radical (unpaired) electrons. The predicted octanol–water partition coefficient (Wildman–Crippen LogP) is 2.51. The Labute approximate surface area is 146 Å². The first-order chi connectivity index (χ1) is 11.8. The molecule has 134 valence electrons. The summed E-state index contributed by atoms with van der Waals surface area (Å²) in [5.41, 5.74) is 1.02. The summed E-state index contributed by atoms with van der Waals surface area (Å²) in [6, 6.07) is 5.74. The van der Waals surface area contributed by atoms with Crippen LogP contribution in [0.15, 0.2) is 35.4 Å². The lowest BCUT2D eigenvalue weighted by atomic mass is 10.2. The van der Waals surface area contributed by atoms with Crippen LogP contribution >= 0.6 is 0 Å². The Morgan fingerprint density at radius 3 is 2.56 bits per heavy atom. The molecule has 2 heterocycles. The zero-order valence-corrected chi connectivity index (χ0v) is 14.9. The van der Waals surface area contributed by atoms with Gasteiger partial charge in [-0.25, -0.2) is 12.8 Å². The van der Waals surface area contributed by atoms with Crippen LogP contribution in [-0.2, 0) is 17.1 Å². The van der Waals surface area contributed by atoms with Crippen LogP contribution in [-0.4, -0.2) is 36.3 Å². The summed E-state index contributed by atoms with van der Waals surface area (Å²) in [5, 5.41) is 2.50. The second kappa shape index (κ2) is 6.61. The van der Waals surface area contributed by atoms with E-state index < -0.39 is 21.7 Å². The van der Waals surface area contributed by atoms with Crippen LogP contribution in [0.4, 0.5) is 10.1 Å². The van der Waals surface area contributed by atoms with Gasteiger partial charge in [0.15, 0.2) is 0 Å². The van der Waals surface area contributed by atoms with E-state index in [1.54, 1.807) is 20.0 Å². The number of rotatable bonds is 4. The fourth-order valence-corrected chi connectivity index (χ4v) is 4.49. The number of hydrogen-bond donors (Lipinski definition) is 1. The van der Waals surface area contributed by atoms with Crippen molar-refractivity contribution in [3.05, 3.63) is 47.5 Å². The molecule has 1 aliphatic rings. The average molecular weight is 365 g/mol. The number of hydrogen-bond acceptors (Lipinski definition) is 3. The van der Waals surface area contributed by atoms with E-state index in [1.165, 1.54) is 33.3 Å². The van der Waals surface area contributed by atoms with Gasteiger partial charge in [0, 0.05) is 26.3 Å². The molecule has 1 aromatic heterocycles. The molecule has 2 aromatic rings. The van der Waals surface area contributed by atoms with Gasteiger partial charge in [-0.2, -0.15) is 4.31 Å². The van der Waals surface area contributed by atoms with Crippen molar-refractivity contribution in [3.8, 4) is 0 Å². The molecule has 1 aromatic carbocycles. The minimum atomic E-state index is -3.60. The van der Waals surface area contributed by atoms with Crippen molar-refractivity contribution in [1.82, 2.24) is 8.87 Å². The van der Waals surface area contributed by atoms with Crippen molar-refractivity contribution < 1.29 is 17.6 Å². The number of nitrogens with zero attached hydrogens (tertiary/aromatic N) is 2. The highest BCUT2D eigenvalue weighted by molar-refractivity contribution is 7.89. The second-order valence-electron chi connectivity index (χ2n) is 6.22. The standard InChI is InChI=1S/C17H20FN3O3S/c1-12-5-6-14(18)15(9-12)19-17(22)16-10-13(11-20(16)2)25(23,24)21-7-3-4-8-21/h5-6,9-11H,3-4,7-8H2,1-2H3,(H,19,22). The maximum Gasteiger partial charge on any atom is 0.272 e. The molecule has 1 N–H and O–H groups in total. The topological polar surface area (TPSA) is 71.4 Å². The number of carbonyl (C=O) groups excluding carboxylic acids is 1. The number of aryl methyl sites for hydroxylation is 2. The number of amides is 1. The summed E-state index contributed by atoms with van der Waals surface area (Å²) in [6.45, 7) is 2.78. The summed E-state index contributed by atoms with van der Waals surface area (Å²) in [4.78, 5) is 12.5. The number of carbonyl (C=O) groups is 1. The lowest BCUT2D eigenvalue weighted by Crippen LogP contribution is -2.27. The molecule has 0 atom stereocenters. The Balaban J connectivity index is 1.87. The molecular formula is C17H20FN3O3S. The van der Waals surface area contributed by atoms with Crippen LogP contribution < -0.4 is 5.32 Å². The maximum atomic E-state index is 13.8. The van der Waals surface area contributed by atoms with Crippen LogP contribution in [0.1, 0.15) is 28.9 Å². The normalized spacial score (nSPS) is 15.5. The highest BCUT2D eigenvalue weighted by Gasteiger charge is 2.29. The van der Waals surface area contributed by atoms with Crippen LogP contribution in [0.2, 0.25) is 0 Å². The summed E-state index contributed by atoms with van der Waals surface area (Å²) < 4.78 is 41.9. The summed E-state index contributed by atoms with van der Waals surface area (Å²) in [5.74, 6) is -1.10. The van der Waals surface area contributed by atoms with Gasteiger partial charge in [-0.15, -0.1) is 0 Å². The highest BCUT2D eigenvalue weighted by atomic mass is 32.2. The summed E-state index contributed by atoms with van der Waals surface area (Å²) >= 11 is 0. The van der Waals surface area contributed by atoms with Gasteiger partial charge in [-0.3, -0.25) is 4.79 Å². The molecule has 3 rings (SSSR count). The second-order valence-corrected chi connectivity index (χ2v) is 8.16. The Morgan fingerprint density at radius 1 is 1.20 bits per heavy atom. The van der Waals surface area contributed by atoms with E-state index in [-0.39, 0.29) is 16.3 Å². The van der Waals surface area contributed by atoms with Gasteiger partial charge in [-0.1, -0.05) is 6.07 Å². The SMILES string of the molecule is Cc1ccc(F)c(NC(=O)c2cc(S(=O)(=O)N3CCCC3)cn2C)c1. The van der Waals surface area contributed by atoms with Crippen LogP contribution in [0.25, 0.3) is 0 Å². The van der Waals surface area contributed by atoms with Crippen molar-refractivity contribution in [3.63, 3.8) is 0 Å². The largest absolute Gasteiger partial charge is 0.345 e. The van der Waals surface area contributed by atoms with Crippen LogP contribution in [0, 0.1) is 12.7 Å². The minimum Gasteiger partial charge on any atom is -0.345 e. The zero-order chi connectivity index (χ0) is 18.2. The first kappa shape index (κ1) is 17.6. The molecule has 0 saturated carbocycles. The molecule has 0 unspecified atom stereocenters. The molecule has 1 saturated heterocycles. The Kier molecular flexibility index (Phi) is 4.66. The maximum absolute atomic E-state index is 13.8. The molecule has 0 bridgehead atoms. The molecule has 8 heteroatoms. The molecule has 1 fully saturated rings. The third-order valence-electron chi connectivity index (χ3n) is 4.29. The molecule has 0 spiro atoms. The van der Waals surface area contributed by atoms with Gasteiger partial charge in [0.2, 0.25) is 10.0 Å². The van der Waals surface area contributed by atoms with Gasteiger partial charge >= 0.3 is 0 Å². The molecule has 1 aliphatic heterocycles. The molecule has 1 amide bonds. The van der Waals surface area contributed by atoms with Crippen LogP contribution in [0.5, 0.6) is 0 Å². The first-order valence-electron chi connectivity index (χ1n) is 8.03. The molecule has 6 nitrogen and oxygen atoms in total. The fourth-order valence-electron chi connectivity index (χ4n) is 2.90. The lowest BCUT2D eigenvalue weighted by Gasteiger charge is -2.13. The van der Waals surface area contributed by atoms with Crippen LogP contribution in [0.3, 0.4) is 0 Å². The summed E-state index contributed by atoms with van der Waals surface area (Å²) in [6.07, 6.45) is 3.09. The van der Waals surface area contributed by atoms with Crippen molar-refractivity contribution >= 4 is 21.6 Å². The zero-order valence-electron chi connectivity index (χ0n) is 14.1. The van der Waals surface area contributed by atoms with Gasteiger partial charge in [0.1, 0.15) is 16.4 Å². The van der Waals surface area contributed by atoms with E-state index in [0.717, 1.165) is 18.4 Å². The van der Waals surface area contributed by atoms with E-state index in [4.69, 9.17) is 0 Å². The highest BCUT2D eigenvalue weighted by Crippen LogP contribution is 2.23. The molecule has 0 aliphatic carbocycles. The number of halogens is 1. The summed E-state index contributed by atoms with van der Waals surface area (Å²) in [7, 11) is -2.02. The third kappa shape index (κ3) is 3.45. The van der Waals surface area contributed by atoms with Gasteiger partial charge in [0.25, 0.3) is 5.91 Å². The Hall–Kier alpha value is -2.19. The van der Waals surface area contributed by atoms with E-state index in [9.17, 15) is 17.6 Å². The van der Waals surface area contributed by atoms with Gasteiger partial charge < -0.3 is 9.88 Å². The Bertz CT molecular complexity index is 915. The number of nitrogens with one attached hydrogen (secondary N) is 1. The quantitative estimate of drug-likeness (QED) is 0.905. The van der Waals surface area contributed by atoms with E-state index in [0.29, 0.717) is 13.1 Å². The van der Waals surface area contributed by atoms with Gasteiger partial charge in [0.05, 0.1) is 5.69 Å². The van der Waals surface area contributed by atoms with E-state index in [2.05, 4.69) is 5.32 Å². The number of anilines is 1. The number of sulfonamides is 1. The van der Waals surface area contributed by atoms with Crippen molar-refractivity contribution in [1.29, 1.82) is 0 Å². The van der Waals surface area contributed by atoms with Crippen molar-refractivity contribution in [2.24, 2.45) is 7.05 Å². The Morgan fingerprint density at radius 2 is 1.88 bits per heavy atom. The smallest absolute Gasteiger partial charge is 0.272 e. The number of benzene rings is 1. The van der Waals surface area contributed by atoms with E-state index >= 15 is 0 Å². The predicted molar refractivity (Wildman–Crippen MR) is 92.5 cm³/mol. The first-order valence-corrected chi connectivity index (χ1v) is 9.47. The van der Waals surface area contributed by atoms with Gasteiger partial charge in [-0.05, 0) is 43.5 Å². The monoisotopic (exact) mass is 365 g/mol. The fraction of sp³-hybridized carbons (Fsp3) is 0.353. The van der Waals surface area contributed by atoms with E-state index in [1.807, 2.05) is 0 Å². The average Bonchev–Trinajstić information content (AvgIpc) is 3.21. The minimum absolute atomic E-state index is 0.0650. The molecular weight excluding hydrogens is 345 g/mol. The lowest BCUT2D eigenvalue weighted by molar-refractivity contribution is 0.101. The van der Waals surface area contributed by atoms with Crippen molar-refractivity contribution in [2.75, 3.05) is 18.4 Å². The molecule has 25 heavy (non-hydrogen) atoms. The van der Waals surface area contributed by atoms with Crippen molar-refractivity contribution in [2.45, 2.75) is 24.7 Å². The third-order valence-corrected chi connectivity index (χ3v) is 6.15.